The van der Waals surface area contributed by atoms with Gasteiger partial charge in [0.15, 0.2) is 0 Å². The number of hydrogen-bond donors (Lipinski definition) is 0. The number of benzene rings is 2. The molecule has 2 aromatic heterocycles. The molecule has 0 fully saturated rings. The first-order valence-electron chi connectivity index (χ1n) is 7.04. The van der Waals surface area contributed by atoms with Crippen LogP contribution in [-0.2, 0) is 0 Å². The van der Waals surface area contributed by atoms with Crippen LogP contribution in [0.4, 0.5) is 5.00 Å². The van der Waals surface area contributed by atoms with Gasteiger partial charge in [-0.05, 0) is 34.5 Å². The third-order valence-corrected chi connectivity index (χ3v) is 5.84. The first-order valence-corrected chi connectivity index (χ1v) is 8.74. The van der Waals surface area contributed by atoms with Gasteiger partial charge in [0.05, 0.1) is 10.5 Å². The Hall–Kier alpha value is -2.50. The monoisotopic (exact) mass is 337 g/mol. The number of fused-ring (bicyclic) bond motifs is 2. The second-order valence-corrected chi connectivity index (χ2v) is 7.04. The fraction of sp³-hybridized carbons (Fsp3) is 0. The minimum atomic E-state index is -0.296. The van der Waals surface area contributed by atoms with E-state index in [1.807, 2.05) is 48.6 Å². The molecule has 0 bridgehead atoms. The molecule has 0 aliphatic heterocycles. The predicted octanol–water partition coefficient (Wildman–Crippen LogP) is 6.19. The van der Waals surface area contributed by atoms with Gasteiger partial charge in [-0.3, -0.25) is 10.1 Å². The number of hydrogen-bond acceptors (Lipinski definition) is 4. The van der Waals surface area contributed by atoms with E-state index in [9.17, 15) is 10.1 Å². The molecule has 0 N–H and O–H groups in total. The molecule has 0 radical (unpaired) electrons. The van der Waals surface area contributed by atoms with Gasteiger partial charge in [0.2, 0.25) is 0 Å². The van der Waals surface area contributed by atoms with Crippen molar-refractivity contribution >= 4 is 60.0 Å². The highest BCUT2D eigenvalue weighted by Gasteiger charge is 2.19. The maximum Gasteiger partial charge on any atom is 0.332 e. The van der Waals surface area contributed by atoms with Crippen LogP contribution in [0.5, 0.6) is 0 Å². The van der Waals surface area contributed by atoms with Gasteiger partial charge < -0.3 is 0 Å². The fourth-order valence-corrected chi connectivity index (χ4v) is 4.58. The van der Waals surface area contributed by atoms with E-state index in [-0.39, 0.29) is 9.92 Å². The summed E-state index contributed by atoms with van der Waals surface area (Å²) in [5.74, 6) is 0. The molecule has 0 atom stereocenters. The summed E-state index contributed by atoms with van der Waals surface area (Å²) in [5.41, 5.74) is 1.78. The average molecular weight is 337 g/mol. The van der Waals surface area contributed by atoms with Crippen LogP contribution < -0.4 is 0 Å². The molecule has 0 saturated heterocycles. The number of rotatable bonds is 3. The Morgan fingerprint density at radius 1 is 0.913 bits per heavy atom. The largest absolute Gasteiger partial charge is 0.332 e. The van der Waals surface area contributed by atoms with Crippen molar-refractivity contribution in [3.63, 3.8) is 0 Å². The molecule has 0 saturated carbocycles. The first kappa shape index (κ1) is 14.1. The molecule has 3 nitrogen and oxygen atoms in total. The molecule has 4 rings (SSSR count). The van der Waals surface area contributed by atoms with Crippen molar-refractivity contribution in [2.24, 2.45) is 0 Å². The van der Waals surface area contributed by atoms with Crippen molar-refractivity contribution in [3.05, 3.63) is 75.2 Å². The molecule has 0 amide bonds. The molecule has 0 aliphatic carbocycles. The van der Waals surface area contributed by atoms with Crippen molar-refractivity contribution < 1.29 is 4.92 Å². The SMILES string of the molecule is O=[N+]([O-])c1sc2ccccc2c1/C=C\c1csc2ccccc12. The Labute approximate surface area is 140 Å². The summed E-state index contributed by atoms with van der Waals surface area (Å²) in [5, 5.41) is 15.7. The third kappa shape index (κ3) is 2.44. The minimum Gasteiger partial charge on any atom is -0.258 e. The summed E-state index contributed by atoms with van der Waals surface area (Å²) in [7, 11) is 0. The van der Waals surface area contributed by atoms with Crippen LogP contribution in [0.3, 0.4) is 0 Å². The molecule has 5 heteroatoms. The van der Waals surface area contributed by atoms with Crippen LogP contribution in [0.1, 0.15) is 11.1 Å². The lowest BCUT2D eigenvalue weighted by Crippen LogP contribution is -1.85. The predicted molar refractivity (Wildman–Crippen MR) is 99.2 cm³/mol. The van der Waals surface area contributed by atoms with Crippen molar-refractivity contribution in [2.75, 3.05) is 0 Å². The lowest BCUT2D eigenvalue weighted by Gasteiger charge is -1.93. The van der Waals surface area contributed by atoms with E-state index in [1.54, 1.807) is 11.3 Å². The molecule has 0 spiro atoms. The first-order chi connectivity index (χ1) is 11.2. The van der Waals surface area contributed by atoms with Crippen LogP contribution in [0.15, 0.2) is 53.9 Å². The Morgan fingerprint density at radius 3 is 2.39 bits per heavy atom. The highest BCUT2D eigenvalue weighted by molar-refractivity contribution is 7.22. The molecule has 2 heterocycles. The normalized spacial score (nSPS) is 11.7. The number of thiophene rings is 2. The van der Waals surface area contributed by atoms with E-state index < -0.39 is 0 Å². The summed E-state index contributed by atoms with van der Waals surface area (Å²) in [6, 6.07) is 15.9. The highest BCUT2D eigenvalue weighted by Crippen LogP contribution is 2.38. The molecule has 0 aliphatic rings. The van der Waals surface area contributed by atoms with Gasteiger partial charge in [-0.2, -0.15) is 0 Å². The Morgan fingerprint density at radius 2 is 1.61 bits per heavy atom. The molecular weight excluding hydrogens is 326 g/mol. The van der Waals surface area contributed by atoms with Gasteiger partial charge in [0.1, 0.15) is 0 Å². The lowest BCUT2D eigenvalue weighted by atomic mass is 10.1. The second-order valence-electron chi connectivity index (χ2n) is 5.09. The quantitative estimate of drug-likeness (QED) is 0.330. The van der Waals surface area contributed by atoms with Crippen LogP contribution in [0, 0.1) is 10.1 Å². The summed E-state index contributed by atoms with van der Waals surface area (Å²) in [6.07, 6.45) is 3.84. The van der Waals surface area contributed by atoms with E-state index in [4.69, 9.17) is 0 Å². The van der Waals surface area contributed by atoms with E-state index >= 15 is 0 Å². The Bertz CT molecular complexity index is 1060. The van der Waals surface area contributed by atoms with Gasteiger partial charge in [-0.25, -0.2) is 0 Å². The maximum atomic E-state index is 11.3. The van der Waals surface area contributed by atoms with Crippen LogP contribution >= 0.6 is 22.7 Å². The summed E-state index contributed by atoms with van der Waals surface area (Å²) in [6.45, 7) is 0. The number of nitrogens with zero attached hydrogens (tertiary/aromatic N) is 1. The van der Waals surface area contributed by atoms with Crippen molar-refractivity contribution in [1.82, 2.24) is 0 Å². The molecule has 0 unspecified atom stereocenters. The van der Waals surface area contributed by atoms with Gasteiger partial charge in [-0.1, -0.05) is 53.8 Å². The van der Waals surface area contributed by atoms with E-state index in [2.05, 4.69) is 17.5 Å². The smallest absolute Gasteiger partial charge is 0.258 e. The van der Waals surface area contributed by atoms with E-state index in [0.717, 1.165) is 15.6 Å². The standard InChI is InChI=1S/C18H11NO2S2/c20-19(21)18-15(14-6-2-4-8-17(14)23-18)10-9-12-11-22-16-7-3-1-5-13(12)16/h1-11H/b10-9-. The number of nitro groups is 1. The average Bonchev–Trinajstić information content (AvgIpc) is 3.14. The third-order valence-electron chi connectivity index (χ3n) is 3.72. The zero-order valence-corrected chi connectivity index (χ0v) is 13.6. The Kier molecular flexibility index (Phi) is 3.44. The Balaban J connectivity index is 1.86. The maximum absolute atomic E-state index is 11.3. The molecule has 112 valence electrons. The van der Waals surface area contributed by atoms with E-state index in [0.29, 0.717) is 5.56 Å². The molecular formula is C18H11NO2S2. The van der Waals surface area contributed by atoms with Crippen molar-refractivity contribution in [2.45, 2.75) is 0 Å². The molecule has 4 aromatic rings. The van der Waals surface area contributed by atoms with Gasteiger partial charge in [0, 0.05) is 14.8 Å². The van der Waals surface area contributed by atoms with Crippen LogP contribution in [0.25, 0.3) is 32.3 Å². The van der Waals surface area contributed by atoms with Gasteiger partial charge in [-0.15, -0.1) is 11.3 Å². The topological polar surface area (TPSA) is 43.1 Å². The van der Waals surface area contributed by atoms with Crippen molar-refractivity contribution in [1.29, 1.82) is 0 Å². The molecule has 23 heavy (non-hydrogen) atoms. The van der Waals surface area contributed by atoms with Crippen LogP contribution in [-0.4, -0.2) is 4.92 Å². The lowest BCUT2D eigenvalue weighted by molar-refractivity contribution is -0.380. The molecule has 2 aromatic carbocycles. The van der Waals surface area contributed by atoms with E-state index in [1.165, 1.54) is 21.4 Å². The van der Waals surface area contributed by atoms with Gasteiger partial charge in [0.25, 0.3) is 0 Å². The minimum absolute atomic E-state index is 0.196. The zero-order chi connectivity index (χ0) is 15.8. The second kappa shape index (κ2) is 5.61. The summed E-state index contributed by atoms with van der Waals surface area (Å²) in [4.78, 5) is 11.1. The van der Waals surface area contributed by atoms with Crippen LogP contribution in [0.2, 0.25) is 0 Å². The summed E-state index contributed by atoms with van der Waals surface area (Å²) >= 11 is 2.91. The highest BCUT2D eigenvalue weighted by atomic mass is 32.1. The van der Waals surface area contributed by atoms with Crippen molar-refractivity contribution in [3.8, 4) is 0 Å². The fourth-order valence-electron chi connectivity index (χ4n) is 2.65. The van der Waals surface area contributed by atoms with Gasteiger partial charge >= 0.3 is 5.00 Å². The summed E-state index contributed by atoms with van der Waals surface area (Å²) < 4.78 is 2.16. The zero-order valence-electron chi connectivity index (χ0n) is 11.9.